The zero-order chi connectivity index (χ0) is 13.3. The molecule has 2 aromatic heterocycles. The maximum atomic E-state index is 12.0. The molecule has 0 aromatic carbocycles. The summed E-state index contributed by atoms with van der Waals surface area (Å²) in [6.07, 6.45) is 1.82. The quantitative estimate of drug-likeness (QED) is 0.927. The Balaban J connectivity index is 2.23. The molecule has 6 heteroatoms. The van der Waals surface area contributed by atoms with Crippen LogP contribution in [0.15, 0.2) is 22.8 Å². The number of aryl methyl sites for hydroxylation is 3. The normalized spacial score (nSPS) is 10.4. The second-order valence-corrected chi connectivity index (χ2v) is 5.00. The van der Waals surface area contributed by atoms with Gasteiger partial charge in [0.25, 0.3) is 5.91 Å². The Kier molecular flexibility index (Phi) is 3.47. The molecule has 0 fully saturated rings. The van der Waals surface area contributed by atoms with Crippen molar-refractivity contribution in [3.63, 3.8) is 0 Å². The highest BCUT2D eigenvalue weighted by molar-refractivity contribution is 9.10. The molecule has 0 saturated heterocycles. The Morgan fingerprint density at radius 2 is 1.89 bits per heavy atom. The number of halogens is 1. The first-order chi connectivity index (χ1) is 8.45. The summed E-state index contributed by atoms with van der Waals surface area (Å²) in [5, 5.41) is 2.69. The van der Waals surface area contributed by atoms with Crippen molar-refractivity contribution in [2.75, 3.05) is 5.32 Å². The van der Waals surface area contributed by atoms with Gasteiger partial charge in [-0.2, -0.15) is 0 Å². The highest BCUT2D eigenvalue weighted by Gasteiger charge is 2.12. The maximum Gasteiger partial charge on any atom is 0.274 e. The van der Waals surface area contributed by atoms with Gasteiger partial charge in [0.1, 0.15) is 5.69 Å². The van der Waals surface area contributed by atoms with E-state index >= 15 is 0 Å². The van der Waals surface area contributed by atoms with Crippen molar-refractivity contribution in [2.24, 2.45) is 7.05 Å². The van der Waals surface area contributed by atoms with Crippen LogP contribution in [0.5, 0.6) is 0 Å². The number of rotatable bonds is 2. The van der Waals surface area contributed by atoms with Gasteiger partial charge in [0.2, 0.25) is 5.95 Å². The van der Waals surface area contributed by atoms with E-state index in [1.807, 2.05) is 33.2 Å². The van der Waals surface area contributed by atoms with Gasteiger partial charge in [0.05, 0.1) is 0 Å². The van der Waals surface area contributed by atoms with E-state index in [4.69, 9.17) is 0 Å². The van der Waals surface area contributed by atoms with Crippen LogP contribution in [0.1, 0.15) is 21.9 Å². The lowest BCUT2D eigenvalue weighted by Crippen LogP contribution is -2.17. The van der Waals surface area contributed by atoms with Crippen molar-refractivity contribution in [3.05, 3.63) is 39.9 Å². The third kappa shape index (κ3) is 2.76. The first-order valence-corrected chi connectivity index (χ1v) is 6.20. The van der Waals surface area contributed by atoms with Crippen molar-refractivity contribution in [1.82, 2.24) is 14.5 Å². The molecule has 0 radical (unpaired) electrons. The van der Waals surface area contributed by atoms with Crippen LogP contribution < -0.4 is 5.32 Å². The van der Waals surface area contributed by atoms with Crippen LogP contribution in [0.3, 0.4) is 0 Å². The van der Waals surface area contributed by atoms with Crippen molar-refractivity contribution in [1.29, 1.82) is 0 Å². The predicted molar refractivity (Wildman–Crippen MR) is 72.6 cm³/mol. The van der Waals surface area contributed by atoms with E-state index in [1.54, 1.807) is 10.6 Å². The average molecular weight is 309 g/mol. The molecule has 5 nitrogen and oxygen atoms in total. The number of hydrogen-bond donors (Lipinski definition) is 1. The van der Waals surface area contributed by atoms with Crippen LogP contribution in [0.4, 0.5) is 5.95 Å². The Morgan fingerprint density at radius 1 is 1.28 bits per heavy atom. The van der Waals surface area contributed by atoms with Crippen LogP contribution in [0, 0.1) is 13.8 Å². The summed E-state index contributed by atoms with van der Waals surface area (Å²) in [6.45, 7) is 3.73. The number of anilines is 1. The number of amides is 1. The summed E-state index contributed by atoms with van der Waals surface area (Å²) in [5.74, 6) is 0.100. The van der Waals surface area contributed by atoms with Gasteiger partial charge >= 0.3 is 0 Å². The molecule has 0 aliphatic rings. The van der Waals surface area contributed by atoms with Crippen molar-refractivity contribution >= 4 is 27.8 Å². The van der Waals surface area contributed by atoms with E-state index in [9.17, 15) is 4.79 Å². The first-order valence-electron chi connectivity index (χ1n) is 5.41. The Morgan fingerprint density at radius 3 is 2.39 bits per heavy atom. The summed E-state index contributed by atoms with van der Waals surface area (Å²) < 4.78 is 2.60. The van der Waals surface area contributed by atoms with Crippen molar-refractivity contribution in [3.8, 4) is 0 Å². The third-order valence-corrected chi connectivity index (χ3v) is 2.85. The number of aromatic nitrogens is 3. The van der Waals surface area contributed by atoms with Gasteiger partial charge < -0.3 is 4.57 Å². The molecule has 0 aliphatic heterocycles. The van der Waals surface area contributed by atoms with Gasteiger partial charge in [-0.05, 0) is 41.9 Å². The van der Waals surface area contributed by atoms with Gasteiger partial charge in [0, 0.05) is 29.1 Å². The Labute approximate surface area is 113 Å². The van der Waals surface area contributed by atoms with Crippen LogP contribution in [-0.2, 0) is 7.05 Å². The summed E-state index contributed by atoms with van der Waals surface area (Å²) in [6, 6.07) is 3.60. The second-order valence-electron chi connectivity index (χ2n) is 4.08. The standard InChI is InChI=1S/C12H13BrN4O/c1-7-4-8(2)15-12(14-7)16-11(18)10-5-9(13)6-17(10)3/h4-6H,1-3H3,(H,14,15,16,18). The molecule has 1 amide bonds. The van der Waals surface area contributed by atoms with Gasteiger partial charge in [-0.15, -0.1) is 0 Å². The summed E-state index contributed by atoms with van der Waals surface area (Å²) in [5.41, 5.74) is 2.20. The minimum absolute atomic E-state index is 0.229. The fourth-order valence-corrected chi connectivity index (χ4v) is 2.22. The van der Waals surface area contributed by atoms with Crippen LogP contribution in [0.2, 0.25) is 0 Å². The molecule has 2 aromatic rings. The van der Waals surface area contributed by atoms with E-state index in [0.717, 1.165) is 15.9 Å². The van der Waals surface area contributed by atoms with E-state index in [1.165, 1.54) is 0 Å². The Hall–Kier alpha value is -1.69. The fourth-order valence-electron chi connectivity index (χ4n) is 1.70. The van der Waals surface area contributed by atoms with Crippen LogP contribution in [0.25, 0.3) is 0 Å². The number of carbonyl (C=O) groups excluding carboxylic acids is 1. The monoisotopic (exact) mass is 308 g/mol. The SMILES string of the molecule is Cc1cc(C)nc(NC(=O)c2cc(Br)cn2C)n1. The molecule has 1 N–H and O–H groups in total. The first kappa shape index (κ1) is 12.8. The largest absolute Gasteiger partial charge is 0.345 e. The van der Waals surface area contributed by atoms with Gasteiger partial charge in [-0.3, -0.25) is 10.1 Å². The maximum absolute atomic E-state index is 12.0. The highest BCUT2D eigenvalue weighted by Crippen LogP contribution is 2.14. The van der Waals surface area contributed by atoms with Gasteiger partial charge in [-0.1, -0.05) is 0 Å². The molecule has 0 atom stereocenters. The summed E-state index contributed by atoms with van der Waals surface area (Å²) >= 11 is 3.33. The van der Waals surface area contributed by atoms with Gasteiger partial charge in [0.15, 0.2) is 0 Å². The van der Waals surface area contributed by atoms with Gasteiger partial charge in [-0.25, -0.2) is 9.97 Å². The lowest BCUT2D eigenvalue weighted by molar-refractivity contribution is 0.101. The number of nitrogens with zero attached hydrogens (tertiary/aromatic N) is 3. The highest BCUT2D eigenvalue weighted by atomic mass is 79.9. The van der Waals surface area contributed by atoms with E-state index < -0.39 is 0 Å². The molecule has 2 heterocycles. The number of carbonyl (C=O) groups is 1. The minimum atomic E-state index is -0.229. The topological polar surface area (TPSA) is 59.8 Å². The number of hydrogen-bond acceptors (Lipinski definition) is 3. The Bertz CT molecular complexity index is 586. The van der Waals surface area contributed by atoms with E-state index in [2.05, 4.69) is 31.2 Å². The molecule has 94 valence electrons. The molecule has 0 bridgehead atoms. The average Bonchev–Trinajstić information content (AvgIpc) is 2.56. The zero-order valence-corrected chi connectivity index (χ0v) is 11.9. The van der Waals surface area contributed by atoms with Crippen molar-refractivity contribution < 1.29 is 4.79 Å². The zero-order valence-electron chi connectivity index (χ0n) is 10.4. The second kappa shape index (κ2) is 4.89. The summed E-state index contributed by atoms with van der Waals surface area (Å²) in [7, 11) is 1.81. The third-order valence-electron chi connectivity index (χ3n) is 2.41. The fraction of sp³-hybridized carbons (Fsp3) is 0.250. The number of nitrogens with one attached hydrogen (secondary N) is 1. The molecule has 0 aliphatic carbocycles. The molecule has 0 unspecified atom stereocenters. The predicted octanol–water partition coefficient (Wildman–Crippen LogP) is 2.45. The van der Waals surface area contributed by atoms with Crippen molar-refractivity contribution in [2.45, 2.75) is 13.8 Å². The molecular weight excluding hydrogens is 296 g/mol. The lowest BCUT2D eigenvalue weighted by Gasteiger charge is -2.06. The minimum Gasteiger partial charge on any atom is -0.345 e. The summed E-state index contributed by atoms with van der Waals surface area (Å²) in [4.78, 5) is 20.4. The van der Waals surface area contributed by atoms with Crippen LogP contribution >= 0.6 is 15.9 Å². The smallest absolute Gasteiger partial charge is 0.274 e. The molecular formula is C12H13BrN4O. The molecule has 0 saturated carbocycles. The molecule has 18 heavy (non-hydrogen) atoms. The molecule has 2 rings (SSSR count). The lowest BCUT2D eigenvalue weighted by atomic mass is 10.3. The van der Waals surface area contributed by atoms with E-state index in [0.29, 0.717) is 11.6 Å². The van der Waals surface area contributed by atoms with E-state index in [-0.39, 0.29) is 5.91 Å². The van der Waals surface area contributed by atoms with Crippen LogP contribution in [-0.4, -0.2) is 20.4 Å². The molecule has 0 spiro atoms.